The molecular formula is C17H24O3. The van der Waals surface area contributed by atoms with E-state index in [4.69, 9.17) is 9.84 Å². The van der Waals surface area contributed by atoms with Crippen molar-refractivity contribution in [2.24, 2.45) is 0 Å². The van der Waals surface area contributed by atoms with Crippen LogP contribution in [0.3, 0.4) is 0 Å². The van der Waals surface area contributed by atoms with E-state index < -0.39 is 5.97 Å². The highest BCUT2D eigenvalue weighted by atomic mass is 16.5. The van der Waals surface area contributed by atoms with Crippen LogP contribution in [0.2, 0.25) is 0 Å². The normalized spacial score (nSPS) is 10.9. The van der Waals surface area contributed by atoms with Crippen molar-refractivity contribution in [3.8, 4) is 5.75 Å². The van der Waals surface area contributed by atoms with Gasteiger partial charge < -0.3 is 9.84 Å². The quantitative estimate of drug-likeness (QED) is 0.571. The van der Waals surface area contributed by atoms with Gasteiger partial charge in [0.15, 0.2) is 0 Å². The van der Waals surface area contributed by atoms with Crippen LogP contribution >= 0.6 is 0 Å². The zero-order valence-electron chi connectivity index (χ0n) is 12.6. The van der Waals surface area contributed by atoms with E-state index in [0.29, 0.717) is 0 Å². The van der Waals surface area contributed by atoms with Crippen molar-refractivity contribution in [1.82, 2.24) is 0 Å². The van der Waals surface area contributed by atoms with Crippen molar-refractivity contribution in [2.45, 2.75) is 46.0 Å². The Kier molecular flexibility index (Phi) is 6.85. The molecule has 0 aromatic heterocycles. The van der Waals surface area contributed by atoms with Gasteiger partial charge in [-0.1, -0.05) is 32.3 Å². The topological polar surface area (TPSA) is 46.5 Å². The van der Waals surface area contributed by atoms with E-state index in [1.54, 1.807) is 13.2 Å². The molecule has 0 atom stereocenters. The van der Waals surface area contributed by atoms with Crippen molar-refractivity contribution in [3.63, 3.8) is 0 Å². The molecule has 3 heteroatoms. The predicted molar refractivity (Wildman–Crippen MR) is 82.2 cm³/mol. The number of ether oxygens (including phenoxy) is 1. The zero-order chi connectivity index (χ0) is 15.0. The lowest BCUT2D eigenvalue weighted by molar-refractivity contribution is -0.131. The molecule has 0 aliphatic rings. The molecule has 0 heterocycles. The predicted octanol–water partition coefficient (Wildman–Crippen LogP) is 4.22. The highest BCUT2D eigenvalue weighted by molar-refractivity contribution is 5.85. The standard InChI is InChI=1S/C17H24O3/c1-4-5-6-7-8-15-13(2)14(10-12-17(18)19)9-11-16(15)20-3/h9-12H,4-8H2,1-3H3,(H,18,19). The molecule has 1 N–H and O–H groups in total. The van der Waals surface area contributed by atoms with Gasteiger partial charge >= 0.3 is 5.97 Å². The third-order valence-corrected chi connectivity index (χ3v) is 3.50. The Labute approximate surface area is 121 Å². The van der Waals surface area contributed by atoms with Gasteiger partial charge in [0.25, 0.3) is 0 Å². The number of benzene rings is 1. The molecule has 0 bridgehead atoms. The second-order valence-electron chi connectivity index (χ2n) is 4.94. The Balaban J connectivity index is 2.93. The summed E-state index contributed by atoms with van der Waals surface area (Å²) in [5, 5.41) is 8.72. The summed E-state index contributed by atoms with van der Waals surface area (Å²) in [5.41, 5.74) is 3.24. The lowest BCUT2D eigenvalue weighted by atomic mass is 9.96. The average Bonchev–Trinajstić information content (AvgIpc) is 2.43. The fourth-order valence-corrected chi connectivity index (χ4v) is 2.32. The molecule has 3 nitrogen and oxygen atoms in total. The molecule has 0 saturated carbocycles. The molecule has 0 radical (unpaired) electrons. The molecule has 1 aromatic carbocycles. The number of hydrogen-bond acceptors (Lipinski definition) is 2. The lowest BCUT2D eigenvalue weighted by Gasteiger charge is -2.14. The van der Waals surface area contributed by atoms with Crippen LogP contribution in [0.5, 0.6) is 5.75 Å². The summed E-state index contributed by atoms with van der Waals surface area (Å²) >= 11 is 0. The lowest BCUT2D eigenvalue weighted by Crippen LogP contribution is -1.98. The molecule has 1 rings (SSSR count). The van der Waals surface area contributed by atoms with Crippen LogP contribution in [-0.2, 0) is 11.2 Å². The summed E-state index contributed by atoms with van der Waals surface area (Å²) < 4.78 is 5.42. The van der Waals surface area contributed by atoms with Crippen LogP contribution < -0.4 is 4.74 Å². The van der Waals surface area contributed by atoms with E-state index in [9.17, 15) is 4.79 Å². The highest BCUT2D eigenvalue weighted by Crippen LogP contribution is 2.27. The van der Waals surface area contributed by atoms with Crippen LogP contribution in [-0.4, -0.2) is 18.2 Å². The summed E-state index contributed by atoms with van der Waals surface area (Å²) in [6.45, 7) is 4.22. The summed E-state index contributed by atoms with van der Waals surface area (Å²) in [4.78, 5) is 10.6. The van der Waals surface area contributed by atoms with Gasteiger partial charge in [0.1, 0.15) is 5.75 Å². The largest absolute Gasteiger partial charge is 0.496 e. The average molecular weight is 276 g/mol. The van der Waals surface area contributed by atoms with E-state index >= 15 is 0 Å². The smallest absolute Gasteiger partial charge is 0.328 e. The molecule has 20 heavy (non-hydrogen) atoms. The van der Waals surface area contributed by atoms with Gasteiger partial charge in [-0.2, -0.15) is 0 Å². The van der Waals surface area contributed by atoms with Gasteiger partial charge in [0, 0.05) is 6.08 Å². The zero-order valence-corrected chi connectivity index (χ0v) is 12.6. The number of carboxylic acid groups (broad SMARTS) is 1. The van der Waals surface area contributed by atoms with Crippen molar-refractivity contribution < 1.29 is 14.6 Å². The van der Waals surface area contributed by atoms with Gasteiger partial charge in [-0.3, -0.25) is 0 Å². The molecule has 0 fully saturated rings. The van der Waals surface area contributed by atoms with E-state index in [0.717, 1.165) is 29.7 Å². The number of carboxylic acids is 1. The number of methoxy groups -OCH3 is 1. The van der Waals surface area contributed by atoms with Crippen LogP contribution in [0.4, 0.5) is 0 Å². The number of carbonyl (C=O) groups is 1. The van der Waals surface area contributed by atoms with Crippen LogP contribution in [0.25, 0.3) is 6.08 Å². The van der Waals surface area contributed by atoms with Gasteiger partial charge in [-0.05, 0) is 48.6 Å². The van der Waals surface area contributed by atoms with Crippen molar-refractivity contribution in [2.75, 3.05) is 7.11 Å². The molecule has 110 valence electrons. The molecule has 1 aromatic rings. The molecular weight excluding hydrogens is 252 g/mol. The fraction of sp³-hybridized carbons (Fsp3) is 0.471. The first kappa shape index (κ1) is 16.3. The minimum atomic E-state index is -0.926. The third-order valence-electron chi connectivity index (χ3n) is 3.50. The number of hydrogen-bond donors (Lipinski definition) is 1. The monoisotopic (exact) mass is 276 g/mol. The maximum atomic E-state index is 10.6. The Morgan fingerprint density at radius 3 is 2.65 bits per heavy atom. The summed E-state index contributed by atoms with van der Waals surface area (Å²) in [6.07, 6.45) is 8.62. The van der Waals surface area contributed by atoms with E-state index in [2.05, 4.69) is 6.92 Å². The number of aliphatic carboxylic acids is 1. The summed E-state index contributed by atoms with van der Waals surface area (Å²) in [5.74, 6) is -0.0313. The maximum Gasteiger partial charge on any atom is 0.328 e. The first-order chi connectivity index (χ1) is 9.60. The minimum absolute atomic E-state index is 0.895. The van der Waals surface area contributed by atoms with E-state index in [1.165, 1.54) is 30.9 Å². The van der Waals surface area contributed by atoms with Gasteiger partial charge in [0.05, 0.1) is 7.11 Å². The fourth-order valence-electron chi connectivity index (χ4n) is 2.32. The summed E-state index contributed by atoms with van der Waals surface area (Å²) in [6, 6.07) is 3.83. The Morgan fingerprint density at radius 1 is 1.30 bits per heavy atom. The Bertz CT molecular complexity index is 475. The van der Waals surface area contributed by atoms with Crippen LogP contribution in [0.15, 0.2) is 18.2 Å². The molecule has 0 aliphatic heterocycles. The second-order valence-corrected chi connectivity index (χ2v) is 4.94. The molecule has 0 aliphatic carbocycles. The Hall–Kier alpha value is -1.77. The van der Waals surface area contributed by atoms with Crippen molar-refractivity contribution >= 4 is 12.0 Å². The first-order valence-electron chi connectivity index (χ1n) is 7.17. The van der Waals surface area contributed by atoms with Gasteiger partial charge in [-0.25, -0.2) is 4.79 Å². The number of unbranched alkanes of at least 4 members (excludes halogenated alkanes) is 3. The summed E-state index contributed by atoms with van der Waals surface area (Å²) in [7, 11) is 1.68. The molecule has 0 saturated heterocycles. The van der Waals surface area contributed by atoms with Crippen LogP contribution in [0, 0.1) is 6.92 Å². The SMILES string of the molecule is CCCCCCc1c(OC)ccc(C=CC(=O)O)c1C. The first-order valence-corrected chi connectivity index (χ1v) is 7.17. The molecule has 0 spiro atoms. The minimum Gasteiger partial charge on any atom is -0.496 e. The Morgan fingerprint density at radius 2 is 2.05 bits per heavy atom. The van der Waals surface area contributed by atoms with Crippen molar-refractivity contribution in [1.29, 1.82) is 0 Å². The highest BCUT2D eigenvalue weighted by Gasteiger charge is 2.09. The van der Waals surface area contributed by atoms with Crippen LogP contribution in [0.1, 0.15) is 49.3 Å². The van der Waals surface area contributed by atoms with Gasteiger partial charge in [0.2, 0.25) is 0 Å². The van der Waals surface area contributed by atoms with E-state index in [1.807, 2.05) is 19.1 Å². The molecule has 0 unspecified atom stereocenters. The van der Waals surface area contributed by atoms with Crippen molar-refractivity contribution in [3.05, 3.63) is 34.9 Å². The maximum absolute atomic E-state index is 10.6. The third kappa shape index (κ3) is 4.72. The number of rotatable bonds is 8. The molecule has 0 amide bonds. The van der Waals surface area contributed by atoms with E-state index in [-0.39, 0.29) is 0 Å². The van der Waals surface area contributed by atoms with Gasteiger partial charge in [-0.15, -0.1) is 0 Å². The second kappa shape index (κ2) is 8.41.